The largest absolute Gasteiger partial charge is 0.387 e. The minimum atomic E-state index is -0.486. The van der Waals surface area contributed by atoms with Crippen molar-refractivity contribution < 1.29 is 14.7 Å². The maximum absolute atomic E-state index is 12.7. The summed E-state index contributed by atoms with van der Waals surface area (Å²) in [6.07, 6.45) is 10.1. The van der Waals surface area contributed by atoms with Gasteiger partial charge in [-0.2, -0.15) is 14.7 Å². The van der Waals surface area contributed by atoms with Crippen molar-refractivity contribution in [3.63, 3.8) is 0 Å². The number of nitrogens with zero attached hydrogens (tertiary/aromatic N) is 7. The van der Waals surface area contributed by atoms with Gasteiger partial charge in [0, 0.05) is 47.7 Å². The standard InChI is InChI=1S/C25H26N8O3/c1-14(35)22-23(16-9-17-4-5-18(10-16)32(17)21(36)13-34)30-25-19(12-29-33(25)24(22)26)15-3-6-20(27-11-15)31-8-2-7-28-31/h2-3,6-8,11-12,16-18,34H,4-5,9-10,13,26H2,1H3/t16-,17-,18+. The summed E-state index contributed by atoms with van der Waals surface area (Å²) in [7, 11) is 0. The number of aromatic nitrogens is 6. The molecule has 0 aliphatic carbocycles. The number of fused-ring (bicyclic) bond motifs is 3. The molecule has 2 aliphatic rings. The molecular formula is C25H26N8O3. The Bertz CT molecular complexity index is 1450. The summed E-state index contributed by atoms with van der Waals surface area (Å²) in [4.78, 5) is 36.3. The average Bonchev–Trinajstić information content (AvgIpc) is 3.62. The Morgan fingerprint density at radius 2 is 1.92 bits per heavy atom. The lowest BCUT2D eigenvalue weighted by Gasteiger charge is -2.39. The first-order valence-corrected chi connectivity index (χ1v) is 12.0. The highest BCUT2D eigenvalue weighted by Gasteiger charge is 2.44. The Hall–Kier alpha value is -4.12. The number of rotatable bonds is 5. The molecule has 4 aromatic heterocycles. The van der Waals surface area contributed by atoms with Gasteiger partial charge in [-0.1, -0.05) is 0 Å². The molecule has 6 heterocycles. The number of amides is 1. The number of Topliss-reactive ketones (excluding diaryl/α,β-unsaturated/α-hetero) is 1. The van der Waals surface area contributed by atoms with Gasteiger partial charge in [0.25, 0.3) is 0 Å². The fourth-order valence-corrected chi connectivity index (χ4v) is 5.87. The van der Waals surface area contributed by atoms with Gasteiger partial charge in [-0.15, -0.1) is 0 Å². The normalized spacial score (nSPS) is 21.3. The van der Waals surface area contributed by atoms with E-state index in [0.717, 1.165) is 24.0 Å². The van der Waals surface area contributed by atoms with E-state index in [1.807, 2.05) is 29.3 Å². The van der Waals surface area contributed by atoms with E-state index in [1.165, 1.54) is 11.4 Å². The zero-order chi connectivity index (χ0) is 25.0. The van der Waals surface area contributed by atoms with Gasteiger partial charge >= 0.3 is 0 Å². The number of hydrogen-bond acceptors (Lipinski definition) is 8. The highest BCUT2D eigenvalue weighted by molar-refractivity contribution is 6.00. The molecule has 2 fully saturated rings. The number of carbonyl (C=O) groups is 2. The molecule has 2 saturated heterocycles. The van der Waals surface area contributed by atoms with Crippen molar-refractivity contribution in [2.45, 2.75) is 50.6 Å². The minimum absolute atomic E-state index is 0.0240. The smallest absolute Gasteiger partial charge is 0.248 e. The fourth-order valence-electron chi connectivity index (χ4n) is 5.87. The molecule has 11 nitrogen and oxygen atoms in total. The summed E-state index contributed by atoms with van der Waals surface area (Å²) in [5, 5.41) is 18.0. The van der Waals surface area contributed by atoms with Crippen LogP contribution in [0.3, 0.4) is 0 Å². The number of hydrogen-bond donors (Lipinski definition) is 2. The number of pyridine rings is 1. The Labute approximate surface area is 206 Å². The summed E-state index contributed by atoms with van der Waals surface area (Å²) < 4.78 is 3.19. The quantitative estimate of drug-likeness (QED) is 0.408. The Balaban J connectivity index is 1.42. The van der Waals surface area contributed by atoms with E-state index < -0.39 is 6.61 Å². The van der Waals surface area contributed by atoms with Gasteiger partial charge < -0.3 is 15.7 Å². The highest BCUT2D eigenvalue weighted by Crippen LogP contribution is 2.44. The van der Waals surface area contributed by atoms with Gasteiger partial charge in [0.1, 0.15) is 12.4 Å². The molecule has 0 aromatic carbocycles. The fraction of sp³-hybridized carbons (Fsp3) is 0.360. The van der Waals surface area contributed by atoms with Crippen molar-refractivity contribution in [1.82, 2.24) is 34.3 Å². The number of anilines is 1. The van der Waals surface area contributed by atoms with Crippen molar-refractivity contribution in [1.29, 1.82) is 0 Å². The van der Waals surface area contributed by atoms with Crippen LogP contribution in [0.25, 0.3) is 22.6 Å². The van der Waals surface area contributed by atoms with Crippen LogP contribution < -0.4 is 5.73 Å². The number of aliphatic hydroxyl groups is 1. The lowest BCUT2D eigenvalue weighted by atomic mass is 9.85. The second-order valence-electron chi connectivity index (χ2n) is 9.48. The van der Waals surface area contributed by atoms with Crippen molar-refractivity contribution in [2.24, 2.45) is 0 Å². The molecule has 11 heteroatoms. The summed E-state index contributed by atoms with van der Waals surface area (Å²) in [5.41, 5.74) is 9.68. The number of nitrogen functional groups attached to an aromatic ring is 1. The Kier molecular flexibility index (Phi) is 5.29. The Morgan fingerprint density at radius 1 is 1.14 bits per heavy atom. The lowest BCUT2D eigenvalue weighted by molar-refractivity contribution is -0.138. The maximum atomic E-state index is 12.7. The van der Waals surface area contributed by atoms with Crippen molar-refractivity contribution in [3.8, 4) is 16.9 Å². The molecule has 36 heavy (non-hydrogen) atoms. The van der Waals surface area contributed by atoms with Crippen LogP contribution in [-0.4, -0.2) is 69.7 Å². The third kappa shape index (κ3) is 3.46. The molecule has 0 unspecified atom stereocenters. The molecule has 6 rings (SSSR count). The van der Waals surface area contributed by atoms with Gasteiger partial charge in [0.15, 0.2) is 17.2 Å². The third-order valence-corrected chi connectivity index (χ3v) is 7.40. The van der Waals surface area contributed by atoms with E-state index in [0.29, 0.717) is 35.6 Å². The van der Waals surface area contributed by atoms with E-state index in [-0.39, 0.29) is 35.5 Å². The molecule has 2 bridgehead atoms. The molecule has 0 saturated carbocycles. The predicted octanol–water partition coefficient (Wildman–Crippen LogP) is 1.99. The van der Waals surface area contributed by atoms with Crippen LogP contribution in [0.1, 0.15) is 54.6 Å². The molecule has 1 amide bonds. The van der Waals surface area contributed by atoms with E-state index in [1.54, 1.807) is 23.3 Å². The minimum Gasteiger partial charge on any atom is -0.387 e. The van der Waals surface area contributed by atoms with Crippen molar-refractivity contribution in [3.05, 3.63) is 54.2 Å². The summed E-state index contributed by atoms with van der Waals surface area (Å²) in [6, 6.07) is 5.67. The second kappa shape index (κ2) is 8.52. The first kappa shape index (κ1) is 22.4. The summed E-state index contributed by atoms with van der Waals surface area (Å²) in [5.74, 6) is 0.516. The first-order valence-electron chi connectivity index (χ1n) is 12.0. The van der Waals surface area contributed by atoms with Crippen LogP contribution in [0, 0.1) is 0 Å². The van der Waals surface area contributed by atoms with E-state index >= 15 is 0 Å². The zero-order valence-corrected chi connectivity index (χ0v) is 19.8. The molecular weight excluding hydrogens is 460 g/mol. The zero-order valence-electron chi connectivity index (χ0n) is 19.8. The topological polar surface area (TPSA) is 145 Å². The van der Waals surface area contributed by atoms with Crippen LogP contribution in [0.4, 0.5) is 5.82 Å². The summed E-state index contributed by atoms with van der Waals surface area (Å²) in [6.45, 7) is 1.00. The SMILES string of the molecule is CC(=O)c1c([C@@H]2C[C@H]3CC[C@@H](C2)N3C(=O)CO)nc2c(-c3ccc(-n4cccn4)nc3)cnn2c1N. The number of nitrogens with two attached hydrogens (primary N) is 1. The monoisotopic (exact) mass is 486 g/mol. The highest BCUT2D eigenvalue weighted by atomic mass is 16.3. The number of aliphatic hydroxyl groups excluding tert-OH is 1. The van der Waals surface area contributed by atoms with Crippen molar-refractivity contribution >= 4 is 23.2 Å². The van der Waals surface area contributed by atoms with Crippen LogP contribution in [0.15, 0.2) is 43.0 Å². The van der Waals surface area contributed by atoms with Crippen LogP contribution in [0.2, 0.25) is 0 Å². The van der Waals surface area contributed by atoms with Crippen molar-refractivity contribution in [2.75, 3.05) is 12.3 Å². The lowest BCUT2D eigenvalue weighted by Crippen LogP contribution is -2.47. The van der Waals surface area contributed by atoms with Gasteiger partial charge in [0.2, 0.25) is 5.91 Å². The Morgan fingerprint density at radius 3 is 2.53 bits per heavy atom. The molecule has 3 N–H and O–H groups in total. The van der Waals surface area contributed by atoms with Gasteiger partial charge in [-0.3, -0.25) is 9.59 Å². The second-order valence-corrected chi connectivity index (χ2v) is 9.48. The molecule has 3 atom stereocenters. The molecule has 0 radical (unpaired) electrons. The van der Waals surface area contributed by atoms with E-state index in [2.05, 4.69) is 15.2 Å². The molecule has 4 aromatic rings. The average molecular weight is 487 g/mol. The van der Waals surface area contributed by atoms with E-state index in [9.17, 15) is 14.7 Å². The number of piperidine rings is 1. The maximum Gasteiger partial charge on any atom is 0.248 e. The third-order valence-electron chi connectivity index (χ3n) is 7.40. The van der Waals surface area contributed by atoms with Gasteiger partial charge in [0.05, 0.1) is 17.5 Å². The van der Waals surface area contributed by atoms with Crippen LogP contribution >= 0.6 is 0 Å². The van der Waals surface area contributed by atoms with Crippen LogP contribution in [-0.2, 0) is 4.79 Å². The van der Waals surface area contributed by atoms with E-state index in [4.69, 9.17) is 10.7 Å². The molecule has 184 valence electrons. The number of carbonyl (C=O) groups excluding carboxylic acids is 2. The molecule has 0 spiro atoms. The predicted molar refractivity (Wildman–Crippen MR) is 130 cm³/mol. The summed E-state index contributed by atoms with van der Waals surface area (Å²) >= 11 is 0. The number of ketones is 1. The van der Waals surface area contributed by atoms with Gasteiger partial charge in [-0.25, -0.2) is 14.6 Å². The first-order chi connectivity index (χ1) is 17.5. The van der Waals surface area contributed by atoms with Crippen LogP contribution in [0.5, 0.6) is 0 Å². The van der Waals surface area contributed by atoms with Gasteiger partial charge in [-0.05, 0) is 50.8 Å². The molecule has 2 aliphatic heterocycles.